The van der Waals surface area contributed by atoms with Crippen LogP contribution in [0.4, 0.5) is 22.7 Å². The van der Waals surface area contributed by atoms with E-state index in [-0.39, 0.29) is 6.04 Å². The third-order valence-corrected chi connectivity index (χ3v) is 14.7. The van der Waals surface area contributed by atoms with Crippen molar-refractivity contribution in [1.82, 2.24) is 4.58 Å². The lowest BCUT2D eigenvalue weighted by Gasteiger charge is -2.37. The normalized spacial score (nSPS) is 14.5. The minimum Gasteiger partial charge on any atom is -0.455 e. The lowest BCUT2D eigenvalue weighted by atomic mass is 9.75. The molecule has 0 bridgehead atoms. The Balaban J connectivity index is 1.11. The number of furan rings is 2. The van der Waals surface area contributed by atoms with Crippen LogP contribution in [0.5, 0.6) is 0 Å². The first-order valence-corrected chi connectivity index (χ1v) is 24.0. The van der Waals surface area contributed by atoms with E-state index in [1.54, 1.807) is 0 Å². The van der Waals surface area contributed by atoms with Crippen LogP contribution in [0.25, 0.3) is 111 Å². The van der Waals surface area contributed by atoms with Gasteiger partial charge in [0, 0.05) is 62.6 Å². The molecule has 326 valence electrons. The smallest absolute Gasteiger partial charge is 0.235 e. The van der Waals surface area contributed by atoms with Gasteiger partial charge in [0.05, 0.1) is 0 Å². The van der Waals surface area contributed by atoms with Crippen LogP contribution >= 0.6 is 0 Å². The first-order chi connectivity index (χ1) is 34.8. The molecule has 1 aliphatic heterocycles. The average molecular weight is 894 g/mol. The molecular formula is C66H41N2O2+. The number of hydrogen-bond donors (Lipinski definition) is 0. The molecule has 4 heteroatoms. The third kappa shape index (κ3) is 5.62. The second kappa shape index (κ2) is 15.1. The molecule has 3 aliphatic rings. The lowest BCUT2D eigenvalue weighted by Crippen LogP contribution is -2.44. The van der Waals surface area contributed by atoms with Crippen molar-refractivity contribution in [3.8, 4) is 66.8 Å². The Morgan fingerprint density at radius 3 is 1.46 bits per heavy atom. The molecule has 0 spiro atoms. The van der Waals surface area contributed by atoms with E-state index >= 15 is 0 Å². The fourth-order valence-corrected chi connectivity index (χ4v) is 11.8. The molecule has 0 saturated heterocycles. The summed E-state index contributed by atoms with van der Waals surface area (Å²) in [7, 11) is 0. The summed E-state index contributed by atoms with van der Waals surface area (Å²) < 4.78 is 16.3. The van der Waals surface area contributed by atoms with E-state index in [0.29, 0.717) is 0 Å². The van der Waals surface area contributed by atoms with Crippen LogP contribution in [0.2, 0.25) is 0 Å². The van der Waals surface area contributed by atoms with Gasteiger partial charge in [-0.2, -0.15) is 4.58 Å². The highest BCUT2D eigenvalue weighted by molar-refractivity contribution is 6.19. The van der Waals surface area contributed by atoms with Crippen molar-refractivity contribution < 1.29 is 8.83 Å². The first kappa shape index (κ1) is 38.8. The summed E-state index contributed by atoms with van der Waals surface area (Å²) in [5.74, 6) is 0. The summed E-state index contributed by atoms with van der Waals surface area (Å²) in [6.07, 6.45) is 8.96. The molecule has 0 radical (unpaired) electrons. The van der Waals surface area contributed by atoms with Gasteiger partial charge in [-0.1, -0.05) is 188 Å². The number of fused-ring (bicyclic) bond motifs is 16. The molecule has 10 aromatic carbocycles. The Kier molecular flexibility index (Phi) is 8.39. The van der Waals surface area contributed by atoms with Gasteiger partial charge in [-0.15, -0.1) is 0 Å². The van der Waals surface area contributed by atoms with E-state index in [4.69, 9.17) is 8.83 Å². The van der Waals surface area contributed by atoms with E-state index in [0.717, 1.165) is 128 Å². The highest BCUT2D eigenvalue weighted by Crippen LogP contribution is 2.57. The van der Waals surface area contributed by atoms with Gasteiger partial charge in [0.15, 0.2) is 0 Å². The minimum atomic E-state index is -0.0629. The molecule has 2 aliphatic carbocycles. The van der Waals surface area contributed by atoms with Crippen molar-refractivity contribution in [3.63, 3.8) is 0 Å². The van der Waals surface area contributed by atoms with Gasteiger partial charge < -0.3 is 13.7 Å². The van der Waals surface area contributed by atoms with E-state index in [1.807, 2.05) is 0 Å². The number of para-hydroxylation sites is 6. The first-order valence-electron chi connectivity index (χ1n) is 24.0. The Labute approximate surface area is 404 Å². The maximum atomic E-state index is 6.91. The average Bonchev–Trinajstić information content (AvgIpc) is 4.01. The molecule has 3 heterocycles. The molecule has 70 heavy (non-hydrogen) atoms. The number of nitrogens with zero attached hydrogens (tertiary/aromatic N) is 2. The predicted octanol–water partition coefficient (Wildman–Crippen LogP) is 17.7. The van der Waals surface area contributed by atoms with Gasteiger partial charge in [-0.25, -0.2) is 0 Å². The quantitative estimate of drug-likeness (QED) is 0.165. The van der Waals surface area contributed by atoms with Crippen LogP contribution in [-0.4, -0.2) is 11.8 Å². The highest BCUT2D eigenvalue weighted by atomic mass is 16.3. The number of allylic oxidation sites excluding steroid dienone is 2. The van der Waals surface area contributed by atoms with Gasteiger partial charge in [0.1, 0.15) is 34.1 Å². The van der Waals surface area contributed by atoms with Crippen molar-refractivity contribution in [3.05, 3.63) is 243 Å². The number of benzene rings is 10. The van der Waals surface area contributed by atoms with E-state index in [9.17, 15) is 0 Å². The van der Waals surface area contributed by atoms with Crippen molar-refractivity contribution in [1.29, 1.82) is 0 Å². The molecule has 0 amide bonds. The number of hydrogen-bond acceptors (Lipinski definition) is 3. The molecule has 1 unspecified atom stereocenters. The van der Waals surface area contributed by atoms with E-state index in [2.05, 4.69) is 252 Å². The maximum absolute atomic E-state index is 6.91. The molecule has 4 nitrogen and oxygen atoms in total. The zero-order valence-electron chi connectivity index (χ0n) is 37.9. The largest absolute Gasteiger partial charge is 0.455 e. The molecule has 15 rings (SSSR count). The van der Waals surface area contributed by atoms with Crippen molar-refractivity contribution in [2.24, 2.45) is 0 Å². The van der Waals surface area contributed by atoms with Crippen molar-refractivity contribution in [2.45, 2.75) is 6.04 Å². The molecule has 0 saturated carbocycles. The van der Waals surface area contributed by atoms with Crippen LogP contribution in [0.15, 0.2) is 252 Å². The number of anilines is 2. The van der Waals surface area contributed by atoms with E-state index < -0.39 is 0 Å². The van der Waals surface area contributed by atoms with Crippen LogP contribution < -0.4 is 9.48 Å². The summed E-state index contributed by atoms with van der Waals surface area (Å²) in [5, 5.41) is 4.41. The standard InChI is InChI=1S/C66H41N2O2/c1-3-19-41(20-4-1)67-57-35-11-12-36-58(57)68(42-21-5-2-6-22-42)60-40-56-50-30-16-29-49(54-34-18-32-52-46-26-10-14-38-62(46)70-66(52)54)64(50)63-47(43-23-7-8-24-44(43)55(56)39-59(60)67)27-15-28-48(63)53-33-17-31-51-45-25-9-13-37-61(45)69-65(51)53/h1-40,58H/q+1. The third-order valence-electron chi connectivity index (χ3n) is 14.7. The van der Waals surface area contributed by atoms with Gasteiger partial charge >= 0.3 is 0 Å². The Bertz CT molecular complexity index is 4240. The molecule has 12 aromatic rings. The van der Waals surface area contributed by atoms with Crippen LogP contribution in [-0.2, 0) is 0 Å². The second-order valence-corrected chi connectivity index (χ2v) is 18.4. The second-order valence-electron chi connectivity index (χ2n) is 18.4. The molecule has 0 fully saturated rings. The van der Waals surface area contributed by atoms with Gasteiger partial charge in [0.25, 0.3) is 0 Å². The summed E-state index contributed by atoms with van der Waals surface area (Å²) in [6.45, 7) is 0. The van der Waals surface area contributed by atoms with Crippen molar-refractivity contribution in [2.75, 3.05) is 4.90 Å². The molecular weight excluding hydrogens is 853 g/mol. The van der Waals surface area contributed by atoms with Gasteiger partial charge in [-0.3, -0.25) is 0 Å². The highest BCUT2D eigenvalue weighted by Gasteiger charge is 2.42. The molecule has 0 N–H and O–H groups in total. The van der Waals surface area contributed by atoms with Crippen LogP contribution in [0.1, 0.15) is 0 Å². The maximum Gasteiger partial charge on any atom is 0.235 e. The Morgan fingerprint density at radius 1 is 0.371 bits per heavy atom. The zero-order valence-corrected chi connectivity index (χ0v) is 37.9. The molecule has 2 aromatic heterocycles. The predicted molar refractivity (Wildman–Crippen MR) is 291 cm³/mol. The summed E-state index contributed by atoms with van der Waals surface area (Å²) in [5.41, 5.74) is 22.7. The monoisotopic (exact) mass is 893 g/mol. The van der Waals surface area contributed by atoms with Crippen LogP contribution in [0, 0.1) is 0 Å². The SMILES string of the molecule is C1=CC2=[N+](c3ccccc3)c3cc4c(cc3N(c3ccccc3)C2C=C1)-c1cccc(-c2cccc3c2oc2ccccc23)c1-c1c(cccc1-c1cccc2c1oc1ccccc12)-c1ccccc1-4. The number of rotatable bonds is 4. The summed E-state index contributed by atoms with van der Waals surface area (Å²) in [6, 6.07) is 79.2. The Morgan fingerprint density at radius 2 is 0.829 bits per heavy atom. The zero-order chi connectivity index (χ0) is 45.9. The van der Waals surface area contributed by atoms with E-state index in [1.165, 1.54) is 11.3 Å². The fraction of sp³-hybridized carbons (Fsp3) is 0.0152. The topological polar surface area (TPSA) is 32.5 Å². The minimum absolute atomic E-state index is 0.0629. The molecule has 1 atom stereocenters. The van der Waals surface area contributed by atoms with Gasteiger partial charge in [0.2, 0.25) is 17.1 Å². The van der Waals surface area contributed by atoms with Crippen LogP contribution in [0.3, 0.4) is 0 Å². The van der Waals surface area contributed by atoms with Gasteiger partial charge in [-0.05, 0) is 86.0 Å². The fourth-order valence-electron chi connectivity index (χ4n) is 11.8. The Hall–Kier alpha value is -9.25. The summed E-state index contributed by atoms with van der Waals surface area (Å²) >= 11 is 0. The summed E-state index contributed by atoms with van der Waals surface area (Å²) in [4.78, 5) is 2.52. The lowest BCUT2D eigenvalue weighted by molar-refractivity contribution is 0.669. The van der Waals surface area contributed by atoms with Crippen molar-refractivity contribution >= 4 is 72.3 Å².